The third kappa shape index (κ3) is 3.18. The molecule has 13 heteroatoms. The number of nitrogens with one attached hydrogen (secondary N) is 1. The Morgan fingerprint density at radius 1 is 0.774 bits per heavy atom. The summed E-state index contributed by atoms with van der Waals surface area (Å²) in [5.41, 5.74) is 1.17. The number of nitrogens with zero attached hydrogens (tertiary/aromatic N) is 1. The summed E-state index contributed by atoms with van der Waals surface area (Å²) < 4.78 is 51.4. The molecule has 160 valence electrons. The molecule has 0 saturated heterocycles. The highest BCUT2D eigenvalue weighted by atomic mass is 32.2. The van der Waals surface area contributed by atoms with E-state index in [1.807, 2.05) is 5.38 Å². The molecular weight excluding hydrogens is 517 g/mol. The second kappa shape index (κ2) is 7.25. The SMILES string of the molecule is CC(=O)N1c2ccsc2-c2sccc2S1(=O)=O.O=S1(=O)Nc2ccsc2-c2sccc21. The number of sulfonamides is 2. The van der Waals surface area contributed by atoms with Gasteiger partial charge in [-0.1, -0.05) is 0 Å². The summed E-state index contributed by atoms with van der Waals surface area (Å²) in [6, 6.07) is 6.65. The van der Waals surface area contributed by atoms with Crippen LogP contribution in [0, 0.1) is 0 Å². The summed E-state index contributed by atoms with van der Waals surface area (Å²) in [6.45, 7) is 1.26. The maximum absolute atomic E-state index is 12.3. The van der Waals surface area contributed by atoms with Gasteiger partial charge in [-0.25, -0.2) is 21.1 Å². The van der Waals surface area contributed by atoms with Crippen molar-refractivity contribution in [3.8, 4) is 19.5 Å². The van der Waals surface area contributed by atoms with E-state index < -0.39 is 26.0 Å². The van der Waals surface area contributed by atoms with Crippen LogP contribution in [-0.4, -0.2) is 22.7 Å². The highest BCUT2D eigenvalue weighted by Crippen LogP contribution is 2.48. The number of amides is 1. The molecule has 0 aliphatic carbocycles. The number of thiophene rings is 4. The van der Waals surface area contributed by atoms with Crippen molar-refractivity contribution in [3.05, 3.63) is 45.8 Å². The molecule has 31 heavy (non-hydrogen) atoms. The maximum Gasteiger partial charge on any atom is 0.272 e. The first-order chi connectivity index (χ1) is 14.7. The zero-order valence-electron chi connectivity index (χ0n) is 15.6. The summed E-state index contributed by atoms with van der Waals surface area (Å²) in [5, 5.41) is 7.22. The monoisotopic (exact) mass is 528 g/mol. The summed E-state index contributed by atoms with van der Waals surface area (Å²) in [5.74, 6) is -0.485. The van der Waals surface area contributed by atoms with E-state index in [1.54, 1.807) is 51.7 Å². The van der Waals surface area contributed by atoms with Gasteiger partial charge in [-0.2, -0.15) is 0 Å². The third-order valence-electron chi connectivity index (χ3n) is 4.54. The van der Waals surface area contributed by atoms with Gasteiger partial charge in [0.05, 0.1) is 30.9 Å². The van der Waals surface area contributed by atoms with Crippen molar-refractivity contribution in [1.29, 1.82) is 0 Å². The first-order valence-corrected chi connectivity index (χ1v) is 15.1. The van der Waals surface area contributed by atoms with Gasteiger partial charge >= 0.3 is 0 Å². The van der Waals surface area contributed by atoms with Crippen LogP contribution in [0.4, 0.5) is 11.4 Å². The van der Waals surface area contributed by atoms with Gasteiger partial charge in [-0.15, -0.1) is 45.3 Å². The lowest BCUT2D eigenvalue weighted by Crippen LogP contribution is -2.36. The lowest BCUT2D eigenvalue weighted by Gasteiger charge is -2.25. The van der Waals surface area contributed by atoms with E-state index >= 15 is 0 Å². The van der Waals surface area contributed by atoms with Gasteiger partial charge < -0.3 is 0 Å². The zero-order chi connectivity index (χ0) is 22.0. The minimum atomic E-state index is -3.72. The summed E-state index contributed by atoms with van der Waals surface area (Å²) >= 11 is 5.85. The van der Waals surface area contributed by atoms with Crippen molar-refractivity contribution in [3.63, 3.8) is 0 Å². The van der Waals surface area contributed by atoms with Gasteiger partial charge in [-0.05, 0) is 45.8 Å². The maximum atomic E-state index is 12.3. The minimum absolute atomic E-state index is 0.229. The van der Waals surface area contributed by atoms with Crippen LogP contribution in [0.2, 0.25) is 0 Å². The summed E-state index contributed by atoms with van der Waals surface area (Å²) in [7, 11) is -7.04. The molecule has 0 atom stereocenters. The van der Waals surface area contributed by atoms with Crippen LogP contribution in [0.15, 0.2) is 55.6 Å². The highest BCUT2D eigenvalue weighted by Gasteiger charge is 2.39. The number of hydrogen-bond acceptors (Lipinski definition) is 9. The fourth-order valence-corrected chi connectivity index (χ4v) is 11.0. The number of carbonyl (C=O) groups is 1. The average Bonchev–Trinajstić information content (AvgIpc) is 3.46. The minimum Gasteiger partial charge on any atom is -0.278 e. The van der Waals surface area contributed by atoms with Crippen molar-refractivity contribution in [2.24, 2.45) is 0 Å². The first kappa shape index (κ1) is 20.8. The average molecular weight is 529 g/mol. The highest BCUT2D eigenvalue weighted by molar-refractivity contribution is 7.94. The van der Waals surface area contributed by atoms with E-state index in [4.69, 9.17) is 0 Å². The molecule has 4 aromatic rings. The fraction of sp³-hybridized carbons (Fsp3) is 0.0556. The van der Waals surface area contributed by atoms with Gasteiger partial charge in [0.2, 0.25) is 5.91 Å². The van der Waals surface area contributed by atoms with E-state index in [-0.39, 0.29) is 4.90 Å². The zero-order valence-corrected chi connectivity index (χ0v) is 20.5. The Labute approximate surface area is 194 Å². The molecule has 0 aromatic carbocycles. The molecular formula is C18H12N2O5S6. The van der Waals surface area contributed by atoms with Crippen LogP contribution >= 0.6 is 45.3 Å². The van der Waals surface area contributed by atoms with E-state index in [2.05, 4.69) is 4.72 Å². The number of hydrogen-bond donors (Lipinski definition) is 1. The second-order valence-corrected chi connectivity index (χ2v) is 13.5. The Kier molecular flexibility index (Phi) is 4.88. The van der Waals surface area contributed by atoms with Gasteiger partial charge in [0, 0.05) is 6.92 Å². The molecule has 7 nitrogen and oxygen atoms in total. The van der Waals surface area contributed by atoms with E-state index in [0.29, 0.717) is 16.3 Å². The molecule has 0 spiro atoms. The van der Waals surface area contributed by atoms with Gasteiger partial charge in [0.25, 0.3) is 20.0 Å². The largest absolute Gasteiger partial charge is 0.278 e. The summed E-state index contributed by atoms with van der Waals surface area (Å²) in [6.07, 6.45) is 0. The molecule has 0 saturated carbocycles. The number of fused-ring (bicyclic) bond motifs is 6. The molecule has 1 N–H and O–H groups in total. The van der Waals surface area contributed by atoms with Gasteiger partial charge in [-0.3, -0.25) is 9.52 Å². The van der Waals surface area contributed by atoms with Crippen LogP contribution in [0.3, 0.4) is 0 Å². The van der Waals surface area contributed by atoms with Crippen LogP contribution in [0.1, 0.15) is 6.92 Å². The normalized spacial score (nSPS) is 16.6. The van der Waals surface area contributed by atoms with Crippen molar-refractivity contribution >= 4 is 82.7 Å². The van der Waals surface area contributed by atoms with Crippen molar-refractivity contribution in [1.82, 2.24) is 0 Å². The van der Waals surface area contributed by atoms with Crippen LogP contribution in [0.25, 0.3) is 19.5 Å². The quantitative estimate of drug-likeness (QED) is 0.341. The van der Waals surface area contributed by atoms with Crippen molar-refractivity contribution < 1.29 is 21.6 Å². The van der Waals surface area contributed by atoms with E-state index in [9.17, 15) is 21.6 Å². The predicted octanol–water partition coefficient (Wildman–Crippen LogP) is 5.12. The topological polar surface area (TPSA) is 101 Å². The molecule has 6 heterocycles. The Morgan fingerprint density at radius 3 is 2.03 bits per heavy atom. The predicted molar refractivity (Wildman–Crippen MR) is 126 cm³/mol. The van der Waals surface area contributed by atoms with Crippen LogP contribution in [0.5, 0.6) is 0 Å². The third-order valence-corrected chi connectivity index (χ3v) is 12.0. The van der Waals surface area contributed by atoms with E-state index in [1.165, 1.54) is 40.9 Å². The Bertz CT molecular complexity index is 1540. The first-order valence-electron chi connectivity index (χ1n) is 8.61. The molecule has 0 unspecified atom stereocenters. The van der Waals surface area contributed by atoms with E-state index in [0.717, 1.165) is 23.8 Å². The number of carbonyl (C=O) groups excluding carboxylic acids is 1. The lowest BCUT2D eigenvalue weighted by atomic mass is 10.3. The second-order valence-electron chi connectivity index (χ2n) is 6.42. The summed E-state index contributed by atoms with van der Waals surface area (Å²) in [4.78, 5) is 15.6. The Balaban J connectivity index is 0.000000134. The Morgan fingerprint density at radius 2 is 1.32 bits per heavy atom. The molecule has 4 aromatic heterocycles. The van der Waals surface area contributed by atoms with Crippen LogP contribution < -0.4 is 9.03 Å². The molecule has 1 amide bonds. The lowest BCUT2D eigenvalue weighted by molar-refractivity contribution is -0.115. The fourth-order valence-electron chi connectivity index (χ4n) is 3.31. The standard InChI is InChI=1S/C10H7NO3S3.C8H5NO2S3/c1-6(12)11-7-2-4-15-9(7)10-8(3-5-16-10)17(11,13)14;10-14(11)6-2-4-13-8(6)7-5(9-14)1-3-12-7/h2-5H,1H3;1-4,9H. The van der Waals surface area contributed by atoms with Crippen LogP contribution in [-0.2, 0) is 24.8 Å². The smallest absolute Gasteiger partial charge is 0.272 e. The molecule has 0 bridgehead atoms. The van der Waals surface area contributed by atoms with Crippen molar-refractivity contribution in [2.75, 3.05) is 9.03 Å². The molecule has 0 radical (unpaired) electrons. The number of anilines is 2. The molecule has 2 aliphatic rings. The Hall–Kier alpha value is -2.03. The number of rotatable bonds is 0. The van der Waals surface area contributed by atoms with Gasteiger partial charge in [0.15, 0.2) is 0 Å². The van der Waals surface area contributed by atoms with Gasteiger partial charge in [0.1, 0.15) is 9.79 Å². The molecule has 0 fully saturated rings. The molecule has 2 aliphatic heterocycles. The molecule has 6 rings (SSSR count). The van der Waals surface area contributed by atoms with Crippen molar-refractivity contribution in [2.45, 2.75) is 16.7 Å².